The minimum Gasteiger partial charge on any atom is -0.283 e. The summed E-state index contributed by atoms with van der Waals surface area (Å²) in [5.41, 5.74) is 1.80. The van der Waals surface area contributed by atoms with E-state index in [1.807, 2.05) is 30.3 Å². The molecule has 128 valence electrons. The molecule has 1 heterocycles. The number of thiazole rings is 1. The van der Waals surface area contributed by atoms with E-state index in [1.165, 1.54) is 23.5 Å². The Kier molecular flexibility index (Phi) is 4.49. The zero-order valence-electron chi connectivity index (χ0n) is 13.8. The van der Waals surface area contributed by atoms with E-state index in [0.717, 1.165) is 41.5 Å². The molecule has 0 unspecified atom stereocenters. The first-order chi connectivity index (χ1) is 12.2. The highest BCUT2D eigenvalue weighted by atomic mass is 32.1. The number of halogens is 1. The number of carbonyl (C=O) groups is 1. The molecule has 1 aliphatic rings. The summed E-state index contributed by atoms with van der Waals surface area (Å²) in [4.78, 5) is 19.5. The van der Waals surface area contributed by atoms with Crippen LogP contribution in [0.1, 0.15) is 31.2 Å². The summed E-state index contributed by atoms with van der Waals surface area (Å²) in [6.45, 7) is 0.498. The van der Waals surface area contributed by atoms with Gasteiger partial charge in [0.25, 0.3) is 0 Å². The third kappa shape index (κ3) is 3.42. The third-order valence-electron chi connectivity index (χ3n) is 4.72. The molecule has 0 aliphatic heterocycles. The SMILES string of the molecule is O=C(C1CCCC1)N(Cc1ccccc1)c1nc2ccc(F)cc2s1. The van der Waals surface area contributed by atoms with Crippen LogP contribution >= 0.6 is 11.3 Å². The molecule has 0 N–H and O–H groups in total. The van der Waals surface area contributed by atoms with Crippen molar-refractivity contribution in [2.75, 3.05) is 4.90 Å². The van der Waals surface area contributed by atoms with E-state index in [4.69, 9.17) is 0 Å². The van der Waals surface area contributed by atoms with Crippen LogP contribution in [-0.2, 0) is 11.3 Å². The summed E-state index contributed by atoms with van der Waals surface area (Å²) in [6, 6.07) is 14.5. The Labute approximate surface area is 150 Å². The number of nitrogens with zero attached hydrogens (tertiary/aromatic N) is 2. The summed E-state index contributed by atoms with van der Waals surface area (Å²) in [7, 11) is 0. The van der Waals surface area contributed by atoms with Gasteiger partial charge >= 0.3 is 0 Å². The van der Waals surface area contributed by atoms with Crippen molar-refractivity contribution in [2.24, 2.45) is 5.92 Å². The molecule has 2 aromatic carbocycles. The van der Waals surface area contributed by atoms with Crippen molar-refractivity contribution in [1.29, 1.82) is 0 Å². The molecule has 0 bridgehead atoms. The van der Waals surface area contributed by atoms with Gasteiger partial charge in [-0.25, -0.2) is 9.37 Å². The number of aromatic nitrogens is 1. The summed E-state index contributed by atoms with van der Waals surface area (Å²) < 4.78 is 14.3. The van der Waals surface area contributed by atoms with E-state index in [1.54, 1.807) is 11.0 Å². The van der Waals surface area contributed by atoms with Crippen molar-refractivity contribution in [1.82, 2.24) is 4.98 Å². The largest absolute Gasteiger partial charge is 0.283 e. The fourth-order valence-electron chi connectivity index (χ4n) is 3.40. The number of hydrogen-bond donors (Lipinski definition) is 0. The molecule has 5 heteroatoms. The standard InChI is InChI=1S/C20H19FN2OS/c21-16-10-11-17-18(12-16)25-20(22-17)23(13-14-6-2-1-3-7-14)19(24)15-8-4-5-9-15/h1-3,6-7,10-12,15H,4-5,8-9,13H2. The Bertz CT molecular complexity index is 887. The van der Waals surface area contributed by atoms with Gasteiger partial charge in [0.2, 0.25) is 5.91 Å². The Morgan fingerprint density at radius 3 is 2.68 bits per heavy atom. The highest BCUT2D eigenvalue weighted by Gasteiger charge is 2.29. The average Bonchev–Trinajstić information content (AvgIpc) is 3.29. The first-order valence-corrected chi connectivity index (χ1v) is 9.44. The topological polar surface area (TPSA) is 33.2 Å². The number of benzene rings is 2. The van der Waals surface area contributed by atoms with Gasteiger partial charge < -0.3 is 0 Å². The van der Waals surface area contributed by atoms with Crippen LogP contribution in [0, 0.1) is 11.7 Å². The smallest absolute Gasteiger partial charge is 0.232 e. The maximum absolute atomic E-state index is 13.5. The second kappa shape index (κ2) is 6.92. The molecule has 1 aliphatic carbocycles. The van der Waals surface area contributed by atoms with Gasteiger partial charge in [0.1, 0.15) is 5.82 Å². The van der Waals surface area contributed by atoms with Crippen molar-refractivity contribution in [3.8, 4) is 0 Å². The number of amides is 1. The predicted molar refractivity (Wildman–Crippen MR) is 99.2 cm³/mol. The lowest BCUT2D eigenvalue weighted by Gasteiger charge is -2.23. The number of hydrogen-bond acceptors (Lipinski definition) is 3. The van der Waals surface area contributed by atoms with E-state index >= 15 is 0 Å². The van der Waals surface area contributed by atoms with Crippen molar-refractivity contribution in [2.45, 2.75) is 32.2 Å². The Morgan fingerprint density at radius 1 is 1.16 bits per heavy atom. The lowest BCUT2D eigenvalue weighted by atomic mass is 10.1. The van der Waals surface area contributed by atoms with Crippen LogP contribution in [0.2, 0.25) is 0 Å². The van der Waals surface area contributed by atoms with E-state index in [-0.39, 0.29) is 17.6 Å². The van der Waals surface area contributed by atoms with Gasteiger partial charge in [0, 0.05) is 5.92 Å². The fraction of sp³-hybridized carbons (Fsp3) is 0.300. The Morgan fingerprint density at radius 2 is 1.92 bits per heavy atom. The summed E-state index contributed by atoms with van der Waals surface area (Å²) in [6.07, 6.45) is 4.12. The van der Waals surface area contributed by atoms with Crippen molar-refractivity contribution in [3.05, 3.63) is 59.9 Å². The third-order valence-corrected chi connectivity index (χ3v) is 5.77. The maximum atomic E-state index is 13.5. The molecular formula is C20H19FN2OS. The summed E-state index contributed by atoms with van der Waals surface area (Å²) in [5.74, 6) is -0.0622. The Balaban J connectivity index is 1.71. The van der Waals surface area contributed by atoms with E-state index in [2.05, 4.69) is 4.98 Å². The zero-order valence-corrected chi connectivity index (χ0v) is 14.6. The molecule has 1 amide bonds. The van der Waals surface area contributed by atoms with Crippen LogP contribution in [0.4, 0.5) is 9.52 Å². The van der Waals surface area contributed by atoms with Gasteiger partial charge in [0.15, 0.2) is 5.13 Å². The van der Waals surface area contributed by atoms with Crippen LogP contribution in [0.25, 0.3) is 10.2 Å². The zero-order chi connectivity index (χ0) is 17.2. The Hall–Kier alpha value is -2.27. The quantitative estimate of drug-likeness (QED) is 0.648. The van der Waals surface area contributed by atoms with E-state index < -0.39 is 0 Å². The normalized spacial score (nSPS) is 14.9. The number of carbonyl (C=O) groups excluding carboxylic acids is 1. The van der Waals surface area contributed by atoms with Crippen LogP contribution in [-0.4, -0.2) is 10.9 Å². The molecule has 0 atom stereocenters. The number of fused-ring (bicyclic) bond motifs is 1. The molecule has 0 saturated heterocycles. The molecule has 0 radical (unpaired) electrons. The van der Waals surface area contributed by atoms with E-state index in [0.29, 0.717) is 11.7 Å². The molecule has 1 fully saturated rings. The van der Waals surface area contributed by atoms with Crippen LogP contribution in [0.15, 0.2) is 48.5 Å². The van der Waals surface area contributed by atoms with Gasteiger partial charge in [-0.05, 0) is 36.6 Å². The first kappa shape index (κ1) is 16.2. The fourth-order valence-corrected chi connectivity index (χ4v) is 4.40. The first-order valence-electron chi connectivity index (χ1n) is 8.62. The number of rotatable bonds is 4. The second-order valence-corrected chi connectivity index (χ2v) is 7.51. The van der Waals surface area contributed by atoms with Crippen LogP contribution in [0.5, 0.6) is 0 Å². The lowest BCUT2D eigenvalue weighted by Crippen LogP contribution is -2.34. The highest BCUT2D eigenvalue weighted by molar-refractivity contribution is 7.22. The van der Waals surface area contributed by atoms with Crippen molar-refractivity contribution < 1.29 is 9.18 Å². The van der Waals surface area contributed by atoms with Gasteiger partial charge in [-0.15, -0.1) is 0 Å². The highest BCUT2D eigenvalue weighted by Crippen LogP contribution is 2.34. The maximum Gasteiger partial charge on any atom is 0.232 e. The van der Waals surface area contributed by atoms with Crippen molar-refractivity contribution in [3.63, 3.8) is 0 Å². The van der Waals surface area contributed by atoms with E-state index in [9.17, 15) is 9.18 Å². The molecule has 3 nitrogen and oxygen atoms in total. The minimum atomic E-state index is -0.278. The van der Waals surface area contributed by atoms with Gasteiger partial charge in [-0.1, -0.05) is 54.5 Å². The summed E-state index contributed by atoms with van der Waals surface area (Å²) >= 11 is 1.38. The molecule has 0 spiro atoms. The molecule has 1 saturated carbocycles. The van der Waals surface area contributed by atoms with Gasteiger partial charge in [-0.2, -0.15) is 0 Å². The molecule has 3 aromatic rings. The molecular weight excluding hydrogens is 335 g/mol. The molecule has 4 rings (SSSR count). The van der Waals surface area contributed by atoms with Gasteiger partial charge in [0.05, 0.1) is 16.8 Å². The second-order valence-electron chi connectivity index (χ2n) is 6.50. The van der Waals surface area contributed by atoms with Crippen LogP contribution in [0.3, 0.4) is 0 Å². The lowest BCUT2D eigenvalue weighted by molar-refractivity contribution is -0.122. The monoisotopic (exact) mass is 354 g/mol. The van der Waals surface area contributed by atoms with Crippen LogP contribution < -0.4 is 4.90 Å². The predicted octanol–water partition coefficient (Wildman–Crippen LogP) is 5.16. The molecule has 25 heavy (non-hydrogen) atoms. The molecule has 1 aromatic heterocycles. The van der Waals surface area contributed by atoms with Crippen molar-refractivity contribution >= 4 is 32.6 Å². The average molecular weight is 354 g/mol. The summed E-state index contributed by atoms with van der Waals surface area (Å²) in [5, 5.41) is 0.654. The number of anilines is 1. The minimum absolute atomic E-state index is 0.0764. The van der Waals surface area contributed by atoms with Gasteiger partial charge in [-0.3, -0.25) is 9.69 Å².